The summed E-state index contributed by atoms with van der Waals surface area (Å²) in [5, 5.41) is 6.86. The summed E-state index contributed by atoms with van der Waals surface area (Å²) in [5.74, 6) is 0.666. The summed E-state index contributed by atoms with van der Waals surface area (Å²) >= 11 is 1.80. The Morgan fingerprint density at radius 1 is 1.31 bits per heavy atom. The highest BCUT2D eigenvalue weighted by Gasteiger charge is 2.18. The Morgan fingerprint density at radius 2 is 2.19 bits per heavy atom. The van der Waals surface area contributed by atoms with Gasteiger partial charge in [-0.3, -0.25) is 0 Å². The van der Waals surface area contributed by atoms with E-state index in [9.17, 15) is 0 Å². The van der Waals surface area contributed by atoms with Crippen molar-refractivity contribution in [3.63, 3.8) is 0 Å². The minimum absolute atomic E-state index is 0.666. The topological polar surface area (TPSA) is 40.7 Å². The molecule has 0 aliphatic carbocycles. The Bertz CT molecular complexity index is 441. The zero-order valence-electron chi connectivity index (χ0n) is 9.07. The lowest BCUT2D eigenvalue weighted by molar-refractivity contribution is 0.459. The van der Waals surface area contributed by atoms with Gasteiger partial charge in [0.25, 0.3) is 0 Å². The maximum Gasteiger partial charge on any atom is 0.0964 e. The van der Waals surface area contributed by atoms with Crippen molar-refractivity contribution in [1.82, 2.24) is 15.3 Å². The quantitative estimate of drug-likeness (QED) is 0.837. The van der Waals surface area contributed by atoms with Gasteiger partial charge in [-0.25, -0.2) is 4.98 Å². The molecule has 0 saturated carbocycles. The van der Waals surface area contributed by atoms with Gasteiger partial charge in [-0.1, -0.05) is 0 Å². The van der Waals surface area contributed by atoms with Crippen LogP contribution in [0.2, 0.25) is 0 Å². The maximum absolute atomic E-state index is 4.75. The second-order valence-corrected chi connectivity index (χ2v) is 5.08. The fraction of sp³-hybridized carbons (Fsp3) is 0.417. The third-order valence-electron chi connectivity index (χ3n) is 3.10. The van der Waals surface area contributed by atoms with Crippen molar-refractivity contribution in [2.45, 2.75) is 18.8 Å². The van der Waals surface area contributed by atoms with Gasteiger partial charge in [-0.05, 0) is 32.0 Å². The standard InChI is InChI=1S/C12H15N3S/c1-4-13-5-2-9(1)12-15-11(8-16-12)10-3-6-14-7-10/h3,6-9,13-14H,1-2,4-5H2. The Hall–Kier alpha value is -1.13. The predicted molar refractivity (Wildman–Crippen MR) is 66.7 cm³/mol. The molecule has 3 nitrogen and oxygen atoms in total. The molecule has 0 radical (unpaired) electrons. The SMILES string of the molecule is c1cc(-c2csc(C3CCNCC3)n2)c[nH]1. The predicted octanol–water partition coefficient (Wildman–Crippen LogP) is 2.61. The smallest absolute Gasteiger partial charge is 0.0964 e. The van der Waals surface area contributed by atoms with E-state index in [0.29, 0.717) is 5.92 Å². The lowest BCUT2D eigenvalue weighted by Gasteiger charge is -2.20. The number of thiazole rings is 1. The molecule has 3 rings (SSSR count). The van der Waals surface area contributed by atoms with Gasteiger partial charge in [0.15, 0.2) is 0 Å². The fourth-order valence-corrected chi connectivity index (χ4v) is 3.16. The molecule has 0 bridgehead atoms. The van der Waals surface area contributed by atoms with Crippen molar-refractivity contribution >= 4 is 11.3 Å². The molecule has 0 aromatic carbocycles. The third kappa shape index (κ3) is 1.90. The highest BCUT2D eigenvalue weighted by atomic mass is 32.1. The van der Waals surface area contributed by atoms with Crippen molar-refractivity contribution in [3.8, 4) is 11.3 Å². The van der Waals surface area contributed by atoms with Gasteiger partial charge in [0.1, 0.15) is 0 Å². The lowest BCUT2D eigenvalue weighted by atomic mass is 9.99. The van der Waals surface area contributed by atoms with E-state index >= 15 is 0 Å². The molecule has 2 aromatic heterocycles. The van der Waals surface area contributed by atoms with Crippen molar-refractivity contribution in [2.24, 2.45) is 0 Å². The fourth-order valence-electron chi connectivity index (χ4n) is 2.16. The molecule has 0 unspecified atom stereocenters. The van der Waals surface area contributed by atoms with Crippen LogP contribution in [0.4, 0.5) is 0 Å². The van der Waals surface area contributed by atoms with Gasteiger partial charge in [0, 0.05) is 29.3 Å². The molecule has 0 amide bonds. The van der Waals surface area contributed by atoms with Gasteiger partial charge in [-0.2, -0.15) is 0 Å². The molecule has 3 heterocycles. The molecule has 16 heavy (non-hydrogen) atoms. The number of nitrogens with one attached hydrogen (secondary N) is 2. The highest BCUT2D eigenvalue weighted by molar-refractivity contribution is 7.10. The van der Waals surface area contributed by atoms with Crippen LogP contribution in [0, 0.1) is 0 Å². The van der Waals surface area contributed by atoms with Gasteiger partial charge in [0.05, 0.1) is 10.7 Å². The molecule has 84 valence electrons. The van der Waals surface area contributed by atoms with Crippen LogP contribution < -0.4 is 5.32 Å². The normalized spacial score (nSPS) is 17.8. The summed E-state index contributed by atoms with van der Waals surface area (Å²) in [6.07, 6.45) is 6.39. The van der Waals surface area contributed by atoms with Crippen molar-refractivity contribution in [3.05, 3.63) is 28.8 Å². The van der Waals surface area contributed by atoms with E-state index < -0.39 is 0 Å². The van der Waals surface area contributed by atoms with Crippen LogP contribution >= 0.6 is 11.3 Å². The van der Waals surface area contributed by atoms with E-state index in [1.807, 2.05) is 12.4 Å². The molecular weight excluding hydrogens is 218 g/mol. The zero-order valence-corrected chi connectivity index (χ0v) is 9.89. The van der Waals surface area contributed by atoms with Gasteiger partial charge >= 0.3 is 0 Å². The van der Waals surface area contributed by atoms with E-state index in [1.165, 1.54) is 23.4 Å². The average molecular weight is 233 g/mol. The highest BCUT2D eigenvalue weighted by Crippen LogP contribution is 2.30. The molecular formula is C12H15N3S. The summed E-state index contributed by atoms with van der Waals surface area (Å²) in [7, 11) is 0. The van der Waals surface area contributed by atoms with Crippen molar-refractivity contribution in [2.75, 3.05) is 13.1 Å². The minimum atomic E-state index is 0.666. The van der Waals surface area contributed by atoms with Gasteiger partial charge in [-0.15, -0.1) is 11.3 Å². The Balaban J connectivity index is 1.82. The molecule has 1 aliphatic heterocycles. The second-order valence-electron chi connectivity index (χ2n) is 4.19. The molecule has 2 aromatic rings. The molecule has 1 saturated heterocycles. The summed E-state index contributed by atoms with van der Waals surface area (Å²) in [6.45, 7) is 2.26. The first-order valence-corrected chi connectivity index (χ1v) is 6.61. The van der Waals surface area contributed by atoms with E-state index in [2.05, 4.69) is 21.7 Å². The summed E-state index contributed by atoms with van der Waals surface area (Å²) in [6, 6.07) is 2.07. The molecule has 4 heteroatoms. The number of piperidine rings is 1. The van der Waals surface area contributed by atoms with Crippen LogP contribution in [0.5, 0.6) is 0 Å². The first-order chi connectivity index (χ1) is 7.93. The number of nitrogens with zero attached hydrogens (tertiary/aromatic N) is 1. The number of aromatic nitrogens is 2. The first-order valence-electron chi connectivity index (χ1n) is 5.73. The summed E-state index contributed by atoms with van der Waals surface area (Å²) < 4.78 is 0. The molecule has 1 fully saturated rings. The zero-order chi connectivity index (χ0) is 10.8. The number of H-pyrrole nitrogens is 1. The van der Waals surface area contributed by atoms with Crippen LogP contribution in [-0.4, -0.2) is 23.1 Å². The first kappa shape index (κ1) is 10.1. The Morgan fingerprint density at radius 3 is 2.94 bits per heavy atom. The van der Waals surface area contributed by atoms with E-state index in [0.717, 1.165) is 18.8 Å². The van der Waals surface area contributed by atoms with Crippen molar-refractivity contribution in [1.29, 1.82) is 0 Å². The van der Waals surface area contributed by atoms with Crippen LogP contribution in [0.15, 0.2) is 23.8 Å². The van der Waals surface area contributed by atoms with Crippen LogP contribution in [0.25, 0.3) is 11.3 Å². The van der Waals surface area contributed by atoms with Gasteiger partial charge < -0.3 is 10.3 Å². The molecule has 2 N–H and O–H groups in total. The molecule has 0 spiro atoms. The number of hydrogen-bond donors (Lipinski definition) is 2. The van der Waals surface area contributed by atoms with E-state index in [-0.39, 0.29) is 0 Å². The summed E-state index contributed by atoms with van der Waals surface area (Å²) in [4.78, 5) is 7.82. The lowest BCUT2D eigenvalue weighted by Crippen LogP contribution is -2.26. The molecule has 1 aliphatic rings. The number of aromatic amines is 1. The minimum Gasteiger partial charge on any atom is -0.367 e. The average Bonchev–Trinajstić information content (AvgIpc) is 3.01. The number of rotatable bonds is 2. The largest absolute Gasteiger partial charge is 0.367 e. The maximum atomic E-state index is 4.75. The van der Waals surface area contributed by atoms with E-state index in [4.69, 9.17) is 4.98 Å². The Labute approximate surface area is 98.9 Å². The van der Waals surface area contributed by atoms with Crippen molar-refractivity contribution < 1.29 is 0 Å². The summed E-state index contributed by atoms with van der Waals surface area (Å²) in [5.41, 5.74) is 2.30. The van der Waals surface area contributed by atoms with Crippen LogP contribution in [0.1, 0.15) is 23.8 Å². The van der Waals surface area contributed by atoms with Crippen LogP contribution in [0.3, 0.4) is 0 Å². The van der Waals surface area contributed by atoms with Crippen LogP contribution in [-0.2, 0) is 0 Å². The monoisotopic (exact) mass is 233 g/mol. The number of hydrogen-bond acceptors (Lipinski definition) is 3. The second kappa shape index (κ2) is 4.39. The van der Waals surface area contributed by atoms with Gasteiger partial charge in [0.2, 0.25) is 0 Å². The van der Waals surface area contributed by atoms with E-state index in [1.54, 1.807) is 11.3 Å². The third-order valence-corrected chi connectivity index (χ3v) is 4.11. The Kier molecular flexibility index (Phi) is 2.76. The molecule has 0 atom stereocenters.